The second kappa shape index (κ2) is 6.83. The molecule has 2 aliphatic heterocycles. The van der Waals surface area contributed by atoms with E-state index in [0.717, 1.165) is 32.6 Å². The van der Waals surface area contributed by atoms with Crippen molar-refractivity contribution in [2.45, 2.75) is 25.7 Å². The maximum atomic E-state index is 12.8. The highest BCUT2D eigenvalue weighted by Gasteiger charge is 2.44. The summed E-state index contributed by atoms with van der Waals surface area (Å²) in [7, 11) is 1.85. The number of ether oxygens (including phenoxy) is 2. The van der Waals surface area contributed by atoms with Crippen LogP contribution in [0.5, 0.6) is 0 Å². The highest BCUT2D eigenvalue weighted by molar-refractivity contribution is 7.80. The lowest BCUT2D eigenvalue weighted by molar-refractivity contribution is -0.142. The molecule has 2 fully saturated rings. The van der Waals surface area contributed by atoms with Crippen LogP contribution in [0.4, 0.5) is 0 Å². The standard InChI is InChI=1S/C14H24N2O3S/c1-16(10-11-2-6-18-7-3-11)13(17)14(12(15)20)4-8-19-9-5-14/h11H,2-10H2,1H3,(H2,15,20). The molecular weight excluding hydrogens is 276 g/mol. The maximum absolute atomic E-state index is 12.8. The van der Waals surface area contributed by atoms with Gasteiger partial charge in [-0.05, 0) is 31.6 Å². The molecule has 0 spiro atoms. The molecule has 0 unspecified atom stereocenters. The molecule has 0 aromatic heterocycles. The number of nitrogens with zero attached hydrogens (tertiary/aromatic N) is 1. The predicted octanol–water partition coefficient (Wildman–Crippen LogP) is 0.954. The van der Waals surface area contributed by atoms with Gasteiger partial charge in [-0.1, -0.05) is 12.2 Å². The lowest BCUT2D eigenvalue weighted by Crippen LogP contribution is -2.53. The van der Waals surface area contributed by atoms with Crippen molar-refractivity contribution in [1.29, 1.82) is 0 Å². The lowest BCUT2D eigenvalue weighted by Gasteiger charge is -2.39. The van der Waals surface area contributed by atoms with Crippen LogP contribution in [0.3, 0.4) is 0 Å². The van der Waals surface area contributed by atoms with Crippen molar-refractivity contribution in [1.82, 2.24) is 4.90 Å². The number of nitrogens with two attached hydrogens (primary N) is 1. The highest BCUT2D eigenvalue weighted by Crippen LogP contribution is 2.33. The summed E-state index contributed by atoms with van der Waals surface area (Å²) in [5.74, 6) is 0.570. The van der Waals surface area contributed by atoms with Crippen molar-refractivity contribution in [3.8, 4) is 0 Å². The Morgan fingerprint density at radius 1 is 1.25 bits per heavy atom. The van der Waals surface area contributed by atoms with Crippen LogP contribution in [0.2, 0.25) is 0 Å². The van der Waals surface area contributed by atoms with Gasteiger partial charge in [-0.2, -0.15) is 0 Å². The molecule has 0 radical (unpaired) electrons. The van der Waals surface area contributed by atoms with Crippen LogP contribution in [-0.2, 0) is 14.3 Å². The summed E-state index contributed by atoms with van der Waals surface area (Å²) in [5.41, 5.74) is 5.18. The predicted molar refractivity (Wildman–Crippen MR) is 80.5 cm³/mol. The summed E-state index contributed by atoms with van der Waals surface area (Å²) in [4.78, 5) is 14.9. The van der Waals surface area contributed by atoms with E-state index in [1.807, 2.05) is 7.05 Å². The monoisotopic (exact) mass is 300 g/mol. The Bertz CT molecular complexity index is 363. The molecule has 2 N–H and O–H groups in total. The molecule has 20 heavy (non-hydrogen) atoms. The highest BCUT2D eigenvalue weighted by atomic mass is 32.1. The average Bonchev–Trinajstić information content (AvgIpc) is 2.48. The number of carbonyl (C=O) groups is 1. The zero-order chi connectivity index (χ0) is 14.6. The Labute approximate surface area is 125 Å². The zero-order valence-electron chi connectivity index (χ0n) is 12.1. The van der Waals surface area contributed by atoms with Crippen molar-refractivity contribution in [2.24, 2.45) is 17.1 Å². The van der Waals surface area contributed by atoms with Gasteiger partial charge in [0.1, 0.15) is 5.41 Å². The van der Waals surface area contributed by atoms with Gasteiger partial charge >= 0.3 is 0 Å². The molecule has 2 rings (SSSR count). The van der Waals surface area contributed by atoms with E-state index >= 15 is 0 Å². The first-order valence-electron chi connectivity index (χ1n) is 7.27. The molecule has 0 aliphatic carbocycles. The lowest BCUT2D eigenvalue weighted by atomic mass is 9.78. The average molecular weight is 300 g/mol. The van der Waals surface area contributed by atoms with Gasteiger partial charge in [0.15, 0.2) is 0 Å². The number of amides is 1. The van der Waals surface area contributed by atoms with Crippen LogP contribution in [-0.4, -0.2) is 55.8 Å². The SMILES string of the molecule is CN(CC1CCOCC1)C(=O)C1(C(N)=S)CCOCC1. The minimum absolute atomic E-state index is 0.0554. The Balaban J connectivity index is 2.01. The minimum Gasteiger partial charge on any atom is -0.392 e. The fourth-order valence-corrected chi connectivity index (χ4v) is 3.34. The van der Waals surface area contributed by atoms with Crippen LogP contribution >= 0.6 is 12.2 Å². The van der Waals surface area contributed by atoms with E-state index in [0.29, 0.717) is 37.0 Å². The quantitative estimate of drug-likeness (QED) is 0.783. The first kappa shape index (κ1) is 15.7. The normalized spacial score (nSPS) is 23.2. The van der Waals surface area contributed by atoms with E-state index in [1.54, 1.807) is 4.90 Å². The molecule has 0 saturated carbocycles. The number of thiocarbonyl (C=S) groups is 1. The topological polar surface area (TPSA) is 64.8 Å². The fraction of sp³-hybridized carbons (Fsp3) is 0.857. The van der Waals surface area contributed by atoms with Crippen molar-refractivity contribution >= 4 is 23.1 Å². The smallest absolute Gasteiger partial charge is 0.235 e. The van der Waals surface area contributed by atoms with E-state index in [-0.39, 0.29) is 5.91 Å². The first-order chi connectivity index (χ1) is 9.56. The second-order valence-electron chi connectivity index (χ2n) is 5.80. The van der Waals surface area contributed by atoms with Gasteiger partial charge in [0.25, 0.3) is 0 Å². The van der Waals surface area contributed by atoms with Crippen LogP contribution in [0.1, 0.15) is 25.7 Å². The molecule has 5 nitrogen and oxygen atoms in total. The molecule has 0 bridgehead atoms. The molecule has 2 heterocycles. The summed E-state index contributed by atoms with van der Waals surface area (Å²) in [6, 6.07) is 0. The zero-order valence-corrected chi connectivity index (χ0v) is 12.9. The third-order valence-corrected chi connectivity index (χ3v) is 4.84. The van der Waals surface area contributed by atoms with E-state index in [2.05, 4.69) is 0 Å². The van der Waals surface area contributed by atoms with E-state index < -0.39 is 5.41 Å². The number of carbonyl (C=O) groups excluding carboxylic acids is 1. The first-order valence-corrected chi connectivity index (χ1v) is 7.68. The Morgan fingerprint density at radius 2 is 1.80 bits per heavy atom. The summed E-state index contributed by atoms with van der Waals surface area (Å²) in [6.45, 7) is 3.44. The van der Waals surface area contributed by atoms with Gasteiger partial charge < -0.3 is 20.1 Å². The van der Waals surface area contributed by atoms with Crippen LogP contribution in [0.25, 0.3) is 0 Å². The third kappa shape index (κ3) is 3.30. The Morgan fingerprint density at radius 3 is 2.35 bits per heavy atom. The van der Waals surface area contributed by atoms with Gasteiger partial charge in [-0.3, -0.25) is 4.79 Å². The van der Waals surface area contributed by atoms with Gasteiger partial charge in [0.2, 0.25) is 5.91 Å². The van der Waals surface area contributed by atoms with E-state index in [1.165, 1.54) is 0 Å². The molecule has 6 heteroatoms. The van der Waals surface area contributed by atoms with Crippen molar-refractivity contribution < 1.29 is 14.3 Å². The van der Waals surface area contributed by atoms with Crippen LogP contribution < -0.4 is 5.73 Å². The maximum Gasteiger partial charge on any atom is 0.235 e. The van der Waals surface area contributed by atoms with Gasteiger partial charge in [0, 0.05) is 40.0 Å². The molecule has 2 saturated heterocycles. The Hall–Kier alpha value is -0.720. The summed E-state index contributed by atoms with van der Waals surface area (Å²) < 4.78 is 10.7. The van der Waals surface area contributed by atoms with Gasteiger partial charge in [-0.15, -0.1) is 0 Å². The van der Waals surface area contributed by atoms with Crippen molar-refractivity contribution in [3.63, 3.8) is 0 Å². The van der Waals surface area contributed by atoms with Crippen molar-refractivity contribution in [2.75, 3.05) is 40.0 Å². The van der Waals surface area contributed by atoms with Crippen molar-refractivity contribution in [3.05, 3.63) is 0 Å². The molecule has 2 aliphatic rings. The Kier molecular flexibility index (Phi) is 5.35. The summed E-state index contributed by atoms with van der Waals surface area (Å²) in [5, 5.41) is 0. The van der Waals surface area contributed by atoms with Gasteiger partial charge in [0.05, 0.1) is 4.99 Å². The third-order valence-electron chi connectivity index (χ3n) is 4.45. The van der Waals surface area contributed by atoms with E-state index in [9.17, 15) is 4.79 Å². The van der Waals surface area contributed by atoms with Crippen LogP contribution in [0, 0.1) is 11.3 Å². The van der Waals surface area contributed by atoms with E-state index in [4.69, 9.17) is 27.4 Å². The molecule has 0 atom stereocenters. The fourth-order valence-electron chi connectivity index (χ4n) is 3.05. The number of rotatable bonds is 4. The minimum atomic E-state index is -0.701. The van der Waals surface area contributed by atoms with Gasteiger partial charge in [-0.25, -0.2) is 0 Å². The number of hydrogen-bond donors (Lipinski definition) is 1. The second-order valence-corrected chi connectivity index (χ2v) is 6.24. The molecular formula is C14H24N2O3S. The largest absolute Gasteiger partial charge is 0.392 e. The molecule has 114 valence electrons. The summed E-state index contributed by atoms with van der Waals surface area (Å²) in [6.07, 6.45) is 3.22. The number of hydrogen-bond acceptors (Lipinski definition) is 4. The molecule has 0 aromatic rings. The molecule has 1 amide bonds. The van der Waals surface area contributed by atoms with Crippen LogP contribution in [0.15, 0.2) is 0 Å². The summed E-state index contributed by atoms with van der Waals surface area (Å²) >= 11 is 5.18. The molecule has 0 aromatic carbocycles.